The molecule has 0 N–H and O–H groups in total. The number of hydrogen-bond acceptors (Lipinski definition) is 3. The molecule has 0 aliphatic heterocycles. The molecule has 3 nitrogen and oxygen atoms in total. The van der Waals surface area contributed by atoms with Gasteiger partial charge in [0.15, 0.2) is 28.2 Å². The van der Waals surface area contributed by atoms with E-state index in [4.69, 9.17) is 31.5 Å². The van der Waals surface area contributed by atoms with Crippen LogP contribution in [0.4, 0.5) is 0 Å². The molecule has 0 saturated carbocycles. The Bertz CT molecular complexity index is 538. The Morgan fingerprint density at radius 1 is 0.842 bits per heavy atom. The van der Waals surface area contributed by atoms with E-state index in [2.05, 4.69) is 4.52 Å². The number of nitrogens with zero attached hydrogens (tertiary/aromatic N) is 1. The molecule has 0 heterocycles. The molecule has 0 bridgehead atoms. The van der Waals surface area contributed by atoms with Crippen LogP contribution in [0.25, 0.3) is 0 Å². The highest BCUT2D eigenvalue weighted by atomic mass is 35.9. The molecule has 98 valence electrons. The van der Waals surface area contributed by atoms with Crippen LogP contribution in [-0.2, 0) is 0 Å². The maximum Gasteiger partial charge on any atom is 0.511 e. The summed E-state index contributed by atoms with van der Waals surface area (Å²) in [6.45, 7) is 0. The van der Waals surface area contributed by atoms with Gasteiger partial charge < -0.3 is 4.52 Å². The van der Waals surface area contributed by atoms with Crippen molar-refractivity contribution in [3.8, 4) is 11.5 Å². The lowest BCUT2D eigenvalue weighted by Gasteiger charge is -2.03. The minimum absolute atomic E-state index is 0.308. The summed E-state index contributed by atoms with van der Waals surface area (Å²) in [4.78, 5) is 0. The summed E-state index contributed by atoms with van der Waals surface area (Å²) in [5.74, 6) is 1.28. The van der Waals surface area contributed by atoms with Crippen molar-refractivity contribution in [2.75, 3.05) is 0 Å². The van der Waals surface area contributed by atoms with Crippen LogP contribution in [0.15, 0.2) is 65.2 Å². The summed E-state index contributed by atoms with van der Waals surface area (Å²) in [6.07, 6.45) is -2.87. The summed E-state index contributed by atoms with van der Waals surface area (Å²) < 4.78 is 14.8. The van der Waals surface area contributed by atoms with Crippen molar-refractivity contribution >= 4 is 37.4 Å². The van der Waals surface area contributed by atoms with Crippen LogP contribution in [-0.4, -0.2) is 0 Å². The van der Waals surface area contributed by atoms with Gasteiger partial charge in [-0.2, -0.15) is 0 Å². The van der Waals surface area contributed by atoms with E-state index < -0.39 is 6.35 Å². The number of hydrogen-bond donors (Lipinski definition) is 0. The molecular weight excluding hydrogens is 323 g/mol. The maximum absolute atomic E-state index is 6.04. The van der Waals surface area contributed by atoms with Gasteiger partial charge in [0.25, 0.3) is 8.60 Å². The summed E-state index contributed by atoms with van der Waals surface area (Å²) >= 11 is 12.1. The Labute approximate surface area is 123 Å². The number of para-hydroxylation sites is 2. The molecule has 0 aromatic heterocycles. The smallest absolute Gasteiger partial charge is 0.421 e. The number of halogens is 2. The molecular formula is C12H10Cl2NO2P2+. The molecule has 2 aromatic carbocycles. The molecule has 0 aliphatic rings. The lowest BCUT2D eigenvalue weighted by Crippen LogP contribution is -1.84. The van der Waals surface area contributed by atoms with Gasteiger partial charge in [-0.05, 0) is 24.3 Å². The van der Waals surface area contributed by atoms with Crippen molar-refractivity contribution in [2.24, 2.45) is 4.52 Å². The average molecular weight is 333 g/mol. The minimum atomic E-state index is -2.87. The van der Waals surface area contributed by atoms with Crippen molar-refractivity contribution in [3.63, 3.8) is 0 Å². The van der Waals surface area contributed by atoms with Crippen LogP contribution < -0.4 is 9.05 Å². The lowest BCUT2D eigenvalue weighted by molar-refractivity contribution is 0.618. The zero-order chi connectivity index (χ0) is 13.6. The summed E-state index contributed by atoms with van der Waals surface area (Å²) in [5, 5.41) is 0. The predicted molar refractivity (Wildman–Crippen MR) is 82.1 cm³/mol. The van der Waals surface area contributed by atoms with Gasteiger partial charge in [-0.3, -0.25) is 4.52 Å². The summed E-state index contributed by atoms with van der Waals surface area (Å²) in [7, 11) is 0.308. The van der Waals surface area contributed by atoms with E-state index in [-0.39, 0.29) is 0 Å². The molecule has 0 atom stereocenters. The van der Waals surface area contributed by atoms with Gasteiger partial charge in [0.1, 0.15) is 5.75 Å². The molecule has 0 aliphatic carbocycles. The Balaban J connectivity index is 1.93. The monoisotopic (exact) mass is 332 g/mol. The highest BCUT2D eigenvalue weighted by Gasteiger charge is 2.39. The van der Waals surface area contributed by atoms with Crippen molar-refractivity contribution in [1.82, 2.24) is 0 Å². The molecule has 0 amide bonds. The zero-order valence-corrected chi connectivity index (χ0v) is 13.0. The molecule has 0 spiro atoms. The quantitative estimate of drug-likeness (QED) is 0.597. The third kappa shape index (κ3) is 5.34. The highest BCUT2D eigenvalue weighted by molar-refractivity contribution is 8.14. The van der Waals surface area contributed by atoms with Crippen LogP contribution in [0.1, 0.15) is 0 Å². The van der Waals surface area contributed by atoms with Crippen molar-refractivity contribution < 1.29 is 9.05 Å². The first-order valence-corrected chi connectivity index (χ1v) is 9.57. The van der Waals surface area contributed by atoms with E-state index in [0.29, 0.717) is 20.1 Å². The second-order valence-electron chi connectivity index (χ2n) is 3.41. The van der Waals surface area contributed by atoms with Gasteiger partial charge >= 0.3 is 6.35 Å². The first-order valence-electron chi connectivity index (χ1n) is 5.33. The largest absolute Gasteiger partial charge is 0.511 e. The summed E-state index contributed by atoms with van der Waals surface area (Å²) in [5.41, 5.74) is 0. The first-order chi connectivity index (χ1) is 9.16. The molecule has 0 unspecified atom stereocenters. The van der Waals surface area contributed by atoms with E-state index in [1.54, 1.807) is 12.1 Å². The standard InChI is InChI=1S/C12H10Cl2NO2P2/c13-19(14,17-12-9-5-2-6-10-12)15-18-16-11-7-3-1-4-8-11/h1-10H/q+1. The highest BCUT2D eigenvalue weighted by Crippen LogP contribution is 2.71. The maximum atomic E-state index is 6.04. The third-order valence-corrected chi connectivity index (χ3v) is 5.47. The van der Waals surface area contributed by atoms with E-state index in [9.17, 15) is 0 Å². The average Bonchev–Trinajstić information content (AvgIpc) is 2.40. The molecule has 0 fully saturated rings. The van der Waals surface area contributed by atoms with Gasteiger partial charge in [-0.25, -0.2) is 0 Å². The Hall–Kier alpha value is -0.850. The van der Waals surface area contributed by atoms with E-state index in [0.717, 1.165) is 0 Å². The minimum Gasteiger partial charge on any atom is -0.421 e. The molecule has 0 radical (unpaired) electrons. The fourth-order valence-electron chi connectivity index (χ4n) is 1.22. The van der Waals surface area contributed by atoms with Crippen LogP contribution in [0.2, 0.25) is 0 Å². The van der Waals surface area contributed by atoms with E-state index in [1.165, 1.54) is 0 Å². The number of rotatable bonds is 5. The van der Waals surface area contributed by atoms with Crippen LogP contribution in [0.3, 0.4) is 0 Å². The fraction of sp³-hybridized carbons (Fsp3) is 0. The topological polar surface area (TPSA) is 30.8 Å². The fourth-order valence-corrected chi connectivity index (χ4v) is 3.41. The van der Waals surface area contributed by atoms with Crippen LogP contribution >= 0.6 is 37.4 Å². The molecule has 2 rings (SSSR count). The second kappa shape index (κ2) is 7.07. The van der Waals surface area contributed by atoms with Crippen molar-refractivity contribution in [3.05, 3.63) is 60.7 Å². The molecule has 7 heteroatoms. The van der Waals surface area contributed by atoms with E-state index in [1.807, 2.05) is 48.5 Å². The molecule has 0 saturated heterocycles. The lowest BCUT2D eigenvalue weighted by atomic mass is 10.3. The SMILES string of the molecule is Cl[P+](Cl)(N=POc1ccccc1)Oc1ccccc1. The number of benzene rings is 2. The Morgan fingerprint density at radius 2 is 1.37 bits per heavy atom. The molecule has 2 aromatic rings. The Kier molecular flexibility index (Phi) is 5.42. The van der Waals surface area contributed by atoms with Gasteiger partial charge in [-0.1, -0.05) is 36.4 Å². The first kappa shape index (κ1) is 14.6. The van der Waals surface area contributed by atoms with Crippen molar-refractivity contribution in [2.45, 2.75) is 0 Å². The second-order valence-corrected chi connectivity index (χ2v) is 8.80. The van der Waals surface area contributed by atoms with Crippen LogP contribution in [0.5, 0.6) is 11.5 Å². The van der Waals surface area contributed by atoms with Crippen molar-refractivity contribution in [1.29, 1.82) is 0 Å². The third-order valence-electron chi connectivity index (χ3n) is 1.99. The van der Waals surface area contributed by atoms with E-state index >= 15 is 0 Å². The van der Waals surface area contributed by atoms with Gasteiger partial charge in [0, 0.05) is 4.52 Å². The van der Waals surface area contributed by atoms with Gasteiger partial charge in [-0.15, -0.1) is 0 Å². The van der Waals surface area contributed by atoms with Gasteiger partial charge in [0.2, 0.25) is 0 Å². The predicted octanol–water partition coefficient (Wildman–Crippen LogP) is 6.34. The zero-order valence-electron chi connectivity index (χ0n) is 9.69. The van der Waals surface area contributed by atoms with Gasteiger partial charge in [0.05, 0.1) is 0 Å². The molecule has 19 heavy (non-hydrogen) atoms. The summed E-state index contributed by atoms with van der Waals surface area (Å²) in [6, 6.07) is 18.4. The normalized spacial score (nSPS) is 11.5. The van der Waals surface area contributed by atoms with Crippen LogP contribution in [0, 0.1) is 0 Å². The Morgan fingerprint density at radius 3 is 1.95 bits per heavy atom.